The van der Waals surface area contributed by atoms with E-state index in [-0.39, 0.29) is 5.56 Å². The monoisotopic (exact) mass is 339 g/mol. The fraction of sp³-hybridized carbons (Fsp3) is 0. The van der Waals surface area contributed by atoms with Crippen LogP contribution in [-0.4, -0.2) is 14.5 Å². The third-order valence-corrected chi connectivity index (χ3v) is 3.93. The predicted molar refractivity (Wildman–Crippen MR) is 99.6 cm³/mol. The first-order valence-corrected chi connectivity index (χ1v) is 7.95. The van der Waals surface area contributed by atoms with E-state index in [1.165, 1.54) is 4.57 Å². The molecule has 124 valence electrons. The summed E-state index contributed by atoms with van der Waals surface area (Å²) in [6, 6.07) is 19.8. The van der Waals surface area contributed by atoms with E-state index in [0.29, 0.717) is 28.1 Å². The van der Waals surface area contributed by atoms with Crippen molar-refractivity contribution >= 4 is 22.5 Å². The Kier molecular flexibility index (Phi) is 3.88. The second-order valence-electron chi connectivity index (χ2n) is 5.62. The van der Waals surface area contributed by atoms with Crippen LogP contribution in [-0.2, 0) is 0 Å². The Morgan fingerprint density at radius 3 is 2.62 bits per heavy atom. The standard InChI is InChI=1S/C20H13N5O/c21-12-14-8-9-18-17(11-14)19(26)25(16-6-2-1-3-7-16)20(24-18)23-15-5-4-10-22-13-15/h1-11,13H,(H,23,24). The van der Waals surface area contributed by atoms with Gasteiger partial charge in [-0.05, 0) is 42.5 Å². The van der Waals surface area contributed by atoms with Gasteiger partial charge in [0, 0.05) is 6.20 Å². The minimum absolute atomic E-state index is 0.246. The first kappa shape index (κ1) is 15.5. The van der Waals surface area contributed by atoms with Crippen molar-refractivity contribution in [3.63, 3.8) is 0 Å². The van der Waals surface area contributed by atoms with E-state index in [1.807, 2.05) is 36.4 Å². The maximum Gasteiger partial charge on any atom is 0.267 e. The molecule has 0 radical (unpaired) electrons. The second-order valence-corrected chi connectivity index (χ2v) is 5.62. The van der Waals surface area contributed by atoms with Gasteiger partial charge in [-0.15, -0.1) is 0 Å². The SMILES string of the molecule is N#Cc1ccc2nc(Nc3cccnc3)n(-c3ccccc3)c(=O)c2c1. The molecule has 0 fully saturated rings. The summed E-state index contributed by atoms with van der Waals surface area (Å²) in [7, 11) is 0. The summed E-state index contributed by atoms with van der Waals surface area (Å²) in [5.41, 5.74) is 2.10. The lowest BCUT2D eigenvalue weighted by Gasteiger charge is -2.15. The van der Waals surface area contributed by atoms with Crippen molar-refractivity contribution in [2.45, 2.75) is 0 Å². The Hall–Kier alpha value is -3.98. The molecule has 4 rings (SSSR count). The fourth-order valence-corrected chi connectivity index (χ4v) is 2.72. The third-order valence-electron chi connectivity index (χ3n) is 3.93. The number of pyridine rings is 1. The maximum atomic E-state index is 13.2. The van der Waals surface area contributed by atoms with Crippen LogP contribution >= 0.6 is 0 Å². The van der Waals surface area contributed by atoms with Crippen LogP contribution in [0.5, 0.6) is 0 Å². The Balaban J connectivity index is 2.00. The molecule has 0 spiro atoms. The van der Waals surface area contributed by atoms with Crippen LogP contribution in [0.2, 0.25) is 0 Å². The summed E-state index contributed by atoms with van der Waals surface area (Å²) in [6.45, 7) is 0. The molecule has 1 N–H and O–H groups in total. The van der Waals surface area contributed by atoms with E-state index in [0.717, 1.165) is 5.69 Å². The van der Waals surface area contributed by atoms with Gasteiger partial charge in [0.25, 0.3) is 5.56 Å². The molecule has 0 saturated carbocycles. The Morgan fingerprint density at radius 1 is 1.04 bits per heavy atom. The van der Waals surface area contributed by atoms with Crippen LogP contribution in [0.1, 0.15) is 5.56 Å². The second kappa shape index (κ2) is 6.49. The number of nitriles is 1. The van der Waals surface area contributed by atoms with Crippen LogP contribution in [0.4, 0.5) is 11.6 Å². The number of anilines is 2. The molecule has 6 nitrogen and oxygen atoms in total. The zero-order valence-electron chi connectivity index (χ0n) is 13.6. The minimum atomic E-state index is -0.246. The number of nitrogens with one attached hydrogen (secondary N) is 1. The quantitative estimate of drug-likeness (QED) is 0.618. The number of hydrogen-bond donors (Lipinski definition) is 1. The Labute approximate surface area is 149 Å². The van der Waals surface area contributed by atoms with E-state index in [9.17, 15) is 4.79 Å². The minimum Gasteiger partial charge on any atom is -0.324 e. The zero-order chi connectivity index (χ0) is 17.9. The molecule has 26 heavy (non-hydrogen) atoms. The summed E-state index contributed by atoms with van der Waals surface area (Å²) in [5.74, 6) is 0.381. The lowest BCUT2D eigenvalue weighted by molar-refractivity contribution is 0.973. The Bertz CT molecular complexity index is 1180. The number of fused-ring (bicyclic) bond motifs is 1. The highest BCUT2D eigenvalue weighted by Gasteiger charge is 2.13. The van der Waals surface area contributed by atoms with Gasteiger partial charge in [0.15, 0.2) is 0 Å². The molecule has 0 aliphatic heterocycles. The number of aromatic nitrogens is 3. The van der Waals surface area contributed by atoms with Gasteiger partial charge in [0.05, 0.1) is 40.1 Å². The highest BCUT2D eigenvalue weighted by Crippen LogP contribution is 2.20. The lowest BCUT2D eigenvalue weighted by atomic mass is 10.1. The van der Waals surface area contributed by atoms with Crippen LogP contribution < -0.4 is 10.9 Å². The van der Waals surface area contributed by atoms with Gasteiger partial charge in [-0.3, -0.25) is 9.78 Å². The number of nitrogens with zero attached hydrogens (tertiary/aromatic N) is 4. The molecular weight excluding hydrogens is 326 g/mol. The summed E-state index contributed by atoms with van der Waals surface area (Å²) >= 11 is 0. The Morgan fingerprint density at radius 2 is 1.88 bits per heavy atom. The summed E-state index contributed by atoms with van der Waals surface area (Å²) in [5, 5.41) is 12.7. The average Bonchev–Trinajstić information content (AvgIpc) is 2.69. The van der Waals surface area contributed by atoms with Crippen molar-refractivity contribution in [3.8, 4) is 11.8 Å². The van der Waals surface area contributed by atoms with Crippen LogP contribution in [0.15, 0.2) is 77.9 Å². The largest absolute Gasteiger partial charge is 0.324 e. The molecule has 6 heteroatoms. The lowest BCUT2D eigenvalue weighted by Crippen LogP contribution is -2.22. The van der Waals surface area contributed by atoms with Crippen molar-refractivity contribution < 1.29 is 0 Å². The number of hydrogen-bond acceptors (Lipinski definition) is 5. The fourth-order valence-electron chi connectivity index (χ4n) is 2.72. The van der Waals surface area contributed by atoms with E-state index in [4.69, 9.17) is 5.26 Å². The normalized spacial score (nSPS) is 10.4. The number of benzene rings is 2. The highest BCUT2D eigenvalue weighted by molar-refractivity contribution is 5.81. The predicted octanol–water partition coefficient (Wildman–Crippen LogP) is 3.40. The molecule has 0 amide bonds. The van der Waals surface area contributed by atoms with Gasteiger partial charge in [0.2, 0.25) is 5.95 Å². The van der Waals surface area contributed by atoms with Gasteiger partial charge in [-0.1, -0.05) is 18.2 Å². The highest BCUT2D eigenvalue weighted by atomic mass is 16.1. The van der Waals surface area contributed by atoms with Gasteiger partial charge < -0.3 is 5.32 Å². The van der Waals surface area contributed by atoms with Crippen molar-refractivity contribution in [2.24, 2.45) is 0 Å². The molecule has 2 aromatic carbocycles. The molecule has 0 bridgehead atoms. The van der Waals surface area contributed by atoms with Crippen molar-refractivity contribution in [3.05, 3.63) is 89.0 Å². The van der Waals surface area contributed by atoms with Crippen LogP contribution in [0, 0.1) is 11.3 Å². The van der Waals surface area contributed by atoms with E-state index in [2.05, 4.69) is 21.4 Å². The molecule has 0 saturated heterocycles. The molecular formula is C20H13N5O. The first-order chi connectivity index (χ1) is 12.8. The summed E-state index contributed by atoms with van der Waals surface area (Å²) in [4.78, 5) is 21.8. The van der Waals surface area contributed by atoms with Crippen molar-refractivity contribution in [2.75, 3.05) is 5.32 Å². The van der Waals surface area contributed by atoms with E-state index in [1.54, 1.807) is 36.7 Å². The first-order valence-electron chi connectivity index (χ1n) is 7.95. The third kappa shape index (κ3) is 2.78. The van der Waals surface area contributed by atoms with Gasteiger partial charge in [-0.2, -0.15) is 5.26 Å². The van der Waals surface area contributed by atoms with E-state index >= 15 is 0 Å². The van der Waals surface area contributed by atoms with Gasteiger partial charge in [0.1, 0.15) is 0 Å². The van der Waals surface area contributed by atoms with Crippen LogP contribution in [0.3, 0.4) is 0 Å². The number of para-hydroxylation sites is 1. The van der Waals surface area contributed by atoms with Crippen molar-refractivity contribution in [1.82, 2.24) is 14.5 Å². The zero-order valence-corrected chi connectivity index (χ0v) is 13.6. The topological polar surface area (TPSA) is 83.6 Å². The van der Waals surface area contributed by atoms with Gasteiger partial charge in [-0.25, -0.2) is 9.55 Å². The molecule has 0 aliphatic carbocycles. The average molecular weight is 339 g/mol. The molecule has 2 heterocycles. The smallest absolute Gasteiger partial charge is 0.267 e. The van der Waals surface area contributed by atoms with Gasteiger partial charge >= 0.3 is 0 Å². The molecule has 0 aliphatic rings. The molecule has 0 unspecified atom stereocenters. The van der Waals surface area contributed by atoms with Crippen LogP contribution in [0.25, 0.3) is 16.6 Å². The summed E-state index contributed by atoms with van der Waals surface area (Å²) < 4.78 is 1.50. The number of rotatable bonds is 3. The van der Waals surface area contributed by atoms with E-state index < -0.39 is 0 Å². The van der Waals surface area contributed by atoms with Crippen molar-refractivity contribution in [1.29, 1.82) is 5.26 Å². The molecule has 2 aromatic heterocycles. The summed E-state index contributed by atoms with van der Waals surface area (Å²) in [6.07, 6.45) is 3.33. The maximum absolute atomic E-state index is 13.2. The molecule has 4 aromatic rings. The molecule has 0 atom stereocenters.